The summed E-state index contributed by atoms with van der Waals surface area (Å²) >= 11 is 3.39. The van der Waals surface area contributed by atoms with E-state index >= 15 is 0 Å². The molecule has 1 fully saturated rings. The van der Waals surface area contributed by atoms with Crippen molar-refractivity contribution in [3.63, 3.8) is 0 Å². The molecule has 0 atom stereocenters. The molecule has 1 saturated heterocycles. The maximum atomic E-state index is 5.78. The summed E-state index contributed by atoms with van der Waals surface area (Å²) in [5.41, 5.74) is 0.982. The summed E-state index contributed by atoms with van der Waals surface area (Å²) in [7, 11) is 0. The number of ether oxygens (including phenoxy) is 1. The van der Waals surface area contributed by atoms with E-state index in [0.717, 1.165) is 49.5 Å². The maximum absolute atomic E-state index is 5.78. The van der Waals surface area contributed by atoms with Crippen LogP contribution in [0.15, 0.2) is 30.3 Å². The van der Waals surface area contributed by atoms with E-state index in [9.17, 15) is 0 Å². The lowest BCUT2D eigenvalue weighted by molar-refractivity contribution is 0.0478. The molecule has 112 valence electrons. The zero-order chi connectivity index (χ0) is 14.5. The van der Waals surface area contributed by atoms with E-state index < -0.39 is 0 Å². The highest BCUT2D eigenvalue weighted by Crippen LogP contribution is 2.21. The third-order valence-electron chi connectivity index (χ3n) is 3.61. The van der Waals surface area contributed by atoms with Gasteiger partial charge in [-0.25, -0.2) is 0 Å². The summed E-state index contributed by atoms with van der Waals surface area (Å²) in [6, 6.07) is 9.97. The van der Waals surface area contributed by atoms with E-state index in [1.807, 2.05) is 30.3 Å². The summed E-state index contributed by atoms with van der Waals surface area (Å²) in [4.78, 5) is 2.22. The largest absolute Gasteiger partial charge is 0.377 e. The van der Waals surface area contributed by atoms with Gasteiger partial charge in [0.1, 0.15) is 0 Å². The number of nitrogens with zero attached hydrogens (tertiary/aromatic N) is 5. The molecule has 1 aromatic heterocycles. The minimum Gasteiger partial charge on any atom is -0.377 e. The third kappa shape index (κ3) is 3.41. The van der Waals surface area contributed by atoms with Gasteiger partial charge in [-0.2, -0.15) is 4.68 Å². The van der Waals surface area contributed by atoms with Crippen molar-refractivity contribution in [2.45, 2.75) is 18.9 Å². The van der Waals surface area contributed by atoms with Gasteiger partial charge in [-0.05, 0) is 35.4 Å². The number of alkyl halides is 1. The van der Waals surface area contributed by atoms with Crippen molar-refractivity contribution in [1.82, 2.24) is 20.2 Å². The normalized spacial score (nSPS) is 16.3. The molecule has 3 rings (SSSR count). The third-order valence-corrected chi connectivity index (χ3v) is 3.93. The smallest absolute Gasteiger partial charge is 0.250 e. The summed E-state index contributed by atoms with van der Waals surface area (Å²) in [6.45, 7) is 2.60. The maximum Gasteiger partial charge on any atom is 0.250 e. The van der Waals surface area contributed by atoms with Gasteiger partial charge in [-0.1, -0.05) is 39.2 Å². The lowest BCUT2D eigenvalue weighted by atomic mass is 10.1. The molecule has 0 bridgehead atoms. The molecular weight excluding hydrogens is 334 g/mol. The number of hydrogen-bond donors (Lipinski definition) is 0. The second kappa shape index (κ2) is 7.00. The minimum absolute atomic E-state index is 0.347. The monoisotopic (exact) mass is 351 g/mol. The van der Waals surface area contributed by atoms with Crippen molar-refractivity contribution in [1.29, 1.82) is 0 Å². The van der Waals surface area contributed by atoms with Gasteiger partial charge < -0.3 is 9.64 Å². The molecule has 0 N–H and O–H groups in total. The number of rotatable bonds is 5. The number of benzene rings is 1. The first-order valence-electron chi connectivity index (χ1n) is 7.15. The fourth-order valence-electron chi connectivity index (χ4n) is 2.55. The Labute approximate surface area is 132 Å². The molecule has 0 saturated carbocycles. The van der Waals surface area contributed by atoms with Crippen LogP contribution in [0.2, 0.25) is 0 Å². The van der Waals surface area contributed by atoms with Crippen molar-refractivity contribution in [3.05, 3.63) is 30.3 Å². The molecule has 21 heavy (non-hydrogen) atoms. The SMILES string of the molecule is BrCCOC1CCN(c2nnnn2-c2ccccc2)CC1. The molecule has 6 nitrogen and oxygen atoms in total. The van der Waals surface area contributed by atoms with Crippen LogP contribution in [0.5, 0.6) is 0 Å². The zero-order valence-electron chi connectivity index (χ0n) is 11.7. The highest BCUT2D eigenvalue weighted by molar-refractivity contribution is 9.09. The van der Waals surface area contributed by atoms with Gasteiger partial charge in [0.25, 0.3) is 0 Å². The Morgan fingerprint density at radius 3 is 2.67 bits per heavy atom. The van der Waals surface area contributed by atoms with Crippen molar-refractivity contribution >= 4 is 21.9 Å². The van der Waals surface area contributed by atoms with Crippen LogP contribution in [0, 0.1) is 0 Å². The van der Waals surface area contributed by atoms with Crippen LogP contribution in [0.4, 0.5) is 5.95 Å². The number of para-hydroxylation sites is 1. The van der Waals surface area contributed by atoms with Crippen LogP contribution >= 0.6 is 15.9 Å². The predicted octanol–water partition coefficient (Wildman–Crippen LogP) is 2.04. The number of tetrazole rings is 1. The van der Waals surface area contributed by atoms with E-state index in [0.29, 0.717) is 6.10 Å². The van der Waals surface area contributed by atoms with Crippen molar-refractivity contribution < 1.29 is 4.74 Å². The topological polar surface area (TPSA) is 56.1 Å². The van der Waals surface area contributed by atoms with E-state index in [1.165, 1.54) is 0 Å². The molecule has 2 heterocycles. The molecule has 7 heteroatoms. The number of hydrogen-bond acceptors (Lipinski definition) is 5. The second-order valence-corrected chi connectivity index (χ2v) is 5.77. The number of halogens is 1. The molecule has 0 spiro atoms. The average molecular weight is 352 g/mol. The molecule has 1 aromatic carbocycles. The molecule has 2 aromatic rings. The first-order valence-corrected chi connectivity index (χ1v) is 8.27. The summed E-state index contributed by atoms with van der Waals surface area (Å²) < 4.78 is 7.57. The molecule has 0 unspecified atom stereocenters. The van der Waals surface area contributed by atoms with Crippen LogP contribution in [-0.4, -0.2) is 51.3 Å². The summed E-state index contributed by atoms with van der Waals surface area (Å²) in [5, 5.41) is 13.0. The zero-order valence-corrected chi connectivity index (χ0v) is 13.3. The number of piperidine rings is 1. The highest BCUT2D eigenvalue weighted by Gasteiger charge is 2.23. The first kappa shape index (κ1) is 14.5. The van der Waals surface area contributed by atoms with Crippen LogP contribution in [-0.2, 0) is 4.74 Å². The Morgan fingerprint density at radius 1 is 1.19 bits per heavy atom. The molecule has 1 aliphatic rings. The predicted molar refractivity (Wildman–Crippen MR) is 84.1 cm³/mol. The van der Waals surface area contributed by atoms with E-state index in [-0.39, 0.29) is 0 Å². The minimum atomic E-state index is 0.347. The summed E-state index contributed by atoms with van der Waals surface area (Å²) in [6.07, 6.45) is 2.36. The molecule has 0 radical (unpaired) electrons. The Balaban J connectivity index is 1.68. The molecular formula is C14H18BrN5O. The first-order chi connectivity index (χ1) is 10.4. The summed E-state index contributed by atoms with van der Waals surface area (Å²) in [5.74, 6) is 0.806. The van der Waals surface area contributed by atoms with Crippen LogP contribution in [0.25, 0.3) is 5.69 Å². The second-order valence-electron chi connectivity index (χ2n) is 4.97. The van der Waals surface area contributed by atoms with Crippen LogP contribution in [0.3, 0.4) is 0 Å². The fraction of sp³-hybridized carbons (Fsp3) is 0.500. The highest BCUT2D eigenvalue weighted by atomic mass is 79.9. The van der Waals surface area contributed by atoms with Gasteiger partial charge >= 0.3 is 0 Å². The van der Waals surface area contributed by atoms with Gasteiger partial charge in [0, 0.05) is 18.4 Å². The lowest BCUT2D eigenvalue weighted by Gasteiger charge is -2.31. The Kier molecular flexibility index (Phi) is 4.82. The van der Waals surface area contributed by atoms with Crippen molar-refractivity contribution in [2.75, 3.05) is 29.9 Å². The Bertz CT molecular complexity index is 554. The average Bonchev–Trinajstić information content (AvgIpc) is 3.04. The van der Waals surface area contributed by atoms with Gasteiger partial charge in [-0.15, -0.1) is 0 Å². The van der Waals surface area contributed by atoms with Crippen molar-refractivity contribution in [3.8, 4) is 5.69 Å². The van der Waals surface area contributed by atoms with Crippen LogP contribution < -0.4 is 4.90 Å². The quantitative estimate of drug-likeness (QED) is 0.771. The van der Waals surface area contributed by atoms with E-state index in [2.05, 4.69) is 36.4 Å². The van der Waals surface area contributed by atoms with Gasteiger partial charge in [0.2, 0.25) is 5.95 Å². The van der Waals surface area contributed by atoms with E-state index in [1.54, 1.807) is 4.68 Å². The van der Waals surface area contributed by atoms with E-state index in [4.69, 9.17) is 4.74 Å². The standard InChI is InChI=1S/C14H18BrN5O/c15-8-11-21-13-6-9-19(10-7-13)14-16-17-18-20(14)12-4-2-1-3-5-12/h1-5,13H,6-11H2. The van der Waals surface area contributed by atoms with Crippen LogP contribution in [0.1, 0.15) is 12.8 Å². The van der Waals surface area contributed by atoms with Crippen molar-refractivity contribution in [2.24, 2.45) is 0 Å². The Morgan fingerprint density at radius 2 is 1.95 bits per heavy atom. The number of anilines is 1. The molecule has 0 aliphatic carbocycles. The van der Waals surface area contributed by atoms with Gasteiger partial charge in [-0.3, -0.25) is 0 Å². The fourth-order valence-corrected chi connectivity index (χ4v) is 2.74. The Hall–Kier alpha value is -1.47. The number of aromatic nitrogens is 4. The molecule has 0 amide bonds. The molecule has 1 aliphatic heterocycles. The van der Waals surface area contributed by atoms with Gasteiger partial charge in [0.05, 0.1) is 18.4 Å². The van der Waals surface area contributed by atoms with Gasteiger partial charge in [0.15, 0.2) is 0 Å². The lowest BCUT2D eigenvalue weighted by Crippen LogP contribution is -2.38.